The van der Waals surface area contributed by atoms with Crippen LogP contribution in [-0.2, 0) is 4.74 Å². The third-order valence-corrected chi connectivity index (χ3v) is 1.87. The monoisotopic (exact) mass is 205 g/mol. The molecule has 0 unspecified atom stereocenters. The Labute approximate surface area is 86.7 Å². The van der Waals surface area contributed by atoms with Gasteiger partial charge in [-0.05, 0) is 19.1 Å². The van der Waals surface area contributed by atoms with Crippen molar-refractivity contribution in [2.24, 2.45) is 0 Å². The molecule has 2 aromatic rings. The Morgan fingerprint density at radius 2 is 2.47 bits per heavy atom. The molecule has 0 radical (unpaired) electrons. The van der Waals surface area contributed by atoms with Crippen LogP contribution in [0.4, 0.5) is 10.6 Å². The molecule has 2 heterocycles. The summed E-state index contributed by atoms with van der Waals surface area (Å²) >= 11 is 0. The molecule has 0 atom stereocenters. The number of carbonyl (C=O) groups excluding carboxylic acids is 1. The summed E-state index contributed by atoms with van der Waals surface area (Å²) in [4.78, 5) is 15.3. The van der Waals surface area contributed by atoms with Crippen LogP contribution in [0.5, 0.6) is 0 Å². The van der Waals surface area contributed by atoms with Gasteiger partial charge in [0.05, 0.1) is 12.8 Å². The van der Waals surface area contributed by atoms with Crippen molar-refractivity contribution in [3.63, 3.8) is 0 Å². The Morgan fingerprint density at radius 3 is 3.20 bits per heavy atom. The maximum atomic E-state index is 11.1. The van der Waals surface area contributed by atoms with Crippen molar-refractivity contribution in [3.05, 3.63) is 30.6 Å². The molecule has 0 aromatic carbocycles. The summed E-state index contributed by atoms with van der Waals surface area (Å²) in [5, 5.41) is 2.54. The highest BCUT2D eigenvalue weighted by Crippen LogP contribution is 2.08. The van der Waals surface area contributed by atoms with Gasteiger partial charge in [0.25, 0.3) is 0 Å². The van der Waals surface area contributed by atoms with Gasteiger partial charge in [-0.2, -0.15) is 0 Å². The number of anilines is 1. The number of amides is 1. The zero-order valence-corrected chi connectivity index (χ0v) is 8.30. The number of rotatable bonds is 2. The summed E-state index contributed by atoms with van der Waals surface area (Å²) in [6, 6.07) is 5.63. The largest absolute Gasteiger partial charge is 0.450 e. The summed E-state index contributed by atoms with van der Waals surface area (Å²) in [5.41, 5.74) is 0.782. The Hall–Kier alpha value is -2.04. The molecule has 0 aliphatic heterocycles. The number of hydrogen-bond donors (Lipinski definition) is 1. The van der Waals surface area contributed by atoms with Crippen molar-refractivity contribution < 1.29 is 9.53 Å². The normalized spacial score (nSPS) is 10.2. The van der Waals surface area contributed by atoms with Gasteiger partial charge in [-0.25, -0.2) is 9.78 Å². The Balaban J connectivity index is 2.18. The summed E-state index contributed by atoms with van der Waals surface area (Å²) in [6.45, 7) is 2.10. The lowest BCUT2D eigenvalue weighted by molar-refractivity contribution is 0.168. The third-order valence-electron chi connectivity index (χ3n) is 1.87. The van der Waals surface area contributed by atoms with Gasteiger partial charge in [-0.1, -0.05) is 6.07 Å². The minimum Gasteiger partial charge on any atom is -0.450 e. The lowest BCUT2D eigenvalue weighted by atomic mass is 10.5. The highest BCUT2D eigenvalue weighted by Gasteiger charge is 2.05. The number of aromatic nitrogens is 2. The van der Waals surface area contributed by atoms with Crippen molar-refractivity contribution >= 4 is 17.6 Å². The molecule has 5 nitrogen and oxygen atoms in total. The van der Waals surface area contributed by atoms with Crippen molar-refractivity contribution in [2.75, 3.05) is 11.9 Å². The fourth-order valence-corrected chi connectivity index (χ4v) is 1.27. The minimum absolute atomic E-state index is 0.346. The van der Waals surface area contributed by atoms with E-state index < -0.39 is 6.09 Å². The number of pyridine rings is 1. The maximum Gasteiger partial charge on any atom is 0.412 e. The first kappa shape index (κ1) is 9.51. The molecule has 0 saturated heterocycles. The maximum absolute atomic E-state index is 11.1. The van der Waals surface area contributed by atoms with E-state index in [0.717, 1.165) is 5.65 Å². The predicted octanol–water partition coefficient (Wildman–Crippen LogP) is 1.90. The molecule has 0 spiro atoms. The predicted molar refractivity (Wildman–Crippen MR) is 55.8 cm³/mol. The number of hydrogen-bond acceptors (Lipinski definition) is 3. The van der Waals surface area contributed by atoms with Crippen molar-refractivity contribution in [1.82, 2.24) is 9.38 Å². The van der Waals surface area contributed by atoms with Crippen LogP contribution >= 0.6 is 0 Å². The van der Waals surface area contributed by atoms with Gasteiger partial charge in [0, 0.05) is 6.20 Å². The molecule has 15 heavy (non-hydrogen) atoms. The molecule has 0 bridgehead atoms. The van der Waals surface area contributed by atoms with Crippen molar-refractivity contribution in [3.8, 4) is 0 Å². The quantitative estimate of drug-likeness (QED) is 0.814. The molecule has 78 valence electrons. The first-order valence-electron chi connectivity index (χ1n) is 4.67. The molecule has 0 aliphatic rings. The van der Waals surface area contributed by atoms with Crippen LogP contribution < -0.4 is 5.32 Å². The number of ether oxygens (including phenoxy) is 1. The lowest BCUT2D eigenvalue weighted by Gasteiger charge is -2.00. The zero-order valence-electron chi connectivity index (χ0n) is 8.30. The van der Waals surface area contributed by atoms with E-state index >= 15 is 0 Å². The van der Waals surface area contributed by atoms with E-state index in [0.29, 0.717) is 12.4 Å². The molecule has 1 N–H and O–H groups in total. The van der Waals surface area contributed by atoms with Crippen LogP contribution in [0.25, 0.3) is 5.65 Å². The van der Waals surface area contributed by atoms with Crippen molar-refractivity contribution in [1.29, 1.82) is 0 Å². The molecule has 0 aliphatic carbocycles. The second-order valence-corrected chi connectivity index (χ2v) is 2.94. The van der Waals surface area contributed by atoms with Gasteiger partial charge in [-0.3, -0.25) is 5.32 Å². The molecule has 2 rings (SSSR count). The average molecular weight is 205 g/mol. The summed E-state index contributed by atoms with van der Waals surface area (Å²) in [5.74, 6) is 0.486. The smallest absolute Gasteiger partial charge is 0.412 e. The summed E-state index contributed by atoms with van der Waals surface area (Å²) in [6.07, 6.45) is 3.10. The number of nitrogens with one attached hydrogen (secondary N) is 1. The van der Waals surface area contributed by atoms with Crippen LogP contribution in [0.3, 0.4) is 0 Å². The fraction of sp³-hybridized carbons (Fsp3) is 0.200. The number of imidazole rings is 1. The van der Waals surface area contributed by atoms with Gasteiger partial charge in [0.2, 0.25) is 0 Å². The van der Waals surface area contributed by atoms with E-state index in [4.69, 9.17) is 4.74 Å². The standard InChI is InChI=1S/C10H11N3O2/c1-2-15-10(14)12-8-7-13-6-4-3-5-9(13)11-8/h3-7H,2H2,1H3,(H,12,14). The number of carbonyl (C=O) groups is 1. The van der Waals surface area contributed by atoms with E-state index in [1.165, 1.54) is 0 Å². The molecule has 0 saturated carbocycles. The summed E-state index contributed by atoms with van der Waals surface area (Å²) < 4.78 is 6.56. The van der Waals surface area contributed by atoms with Crippen molar-refractivity contribution in [2.45, 2.75) is 6.92 Å². The van der Waals surface area contributed by atoms with Gasteiger partial charge in [0.1, 0.15) is 5.65 Å². The highest BCUT2D eigenvalue weighted by atomic mass is 16.5. The second kappa shape index (κ2) is 4.00. The molecule has 1 amide bonds. The molecular weight excluding hydrogens is 194 g/mol. The topological polar surface area (TPSA) is 55.6 Å². The minimum atomic E-state index is -0.485. The lowest BCUT2D eigenvalue weighted by Crippen LogP contribution is -2.13. The molecular formula is C10H11N3O2. The number of nitrogens with zero attached hydrogens (tertiary/aromatic N) is 2. The Morgan fingerprint density at radius 1 is 1.60 bits per heavy atom. The zero-order chi connectivity index (χ0) is 10.7. The van der Waals surface area contributed by atoms with Gasteiger partial charge in [-0.15, -0.1) is 0 Å². The summed E-state index contributed by atoms with van der Waals surface area (Å²) in [7, 11) is 0. The van der Waals surface area contributed by atoms with Gasteiger partial charge in [0.15, 0.2) is 5.82 Å². The second-order valence-electron chi connectivity index (χ2n) is 2.94. The highest BCUT2D eigenvalue weighted by molar-refractivity contribution is 5.83. The first-order chi connectivity index (χ1) is 7.29. The fourth-order valence-electron chi connectivity index (χ4n) is 1.27. The van der Waals surface area contributed by atoms with Gasteiger partial charge >= 0.3 is 6.09 Å². The molecule has 2 aromatic heterocycles. The first-order valence-corrected chi connectivity index (χ1v) is 4.67. The van der Waals surface area contributed by atoms with Crippen LogP contribution in [0.15, 0.2) is 30.6 Å². The number of fused-ring (bicyclic) bond motifs is 1. The van der Waals surface area contributed by atoms with E-state index in [9.17, 15) is 4.79 Å². The van der Waals surface area contributed by atoms with Crippen LogP contribution in [-0.4, -0.2) is 22.1 Å². The third kappa shape index (κ3) is 2.07. The van der Waals surface area contributed by atoms with Crippen LogP contribution in [0.1, 0.15) is 6.92 Å². The van der Waals surface area contributed by atoms with E-state index in [1.54, 1.807) is 13.1 Å². The average Bonchev–Trinajstić information content (AvgIpc) is 2.59. The van der Waals surface area contributed by atoms with Crippen LogP contribution in [0.2, 0.25) is 0 Å². The van der Waals surface area contributed by atoms with Crippen LogP contribution in [0, 0.1) is 0 Å². The Kier molecular flexibility index (Phi) is 2.53. The van der Waals surface area contributed by atoms with Gasteiger partial charge < -0.3 is 9.14 Å². The molecule has 5 heteroatoms. The van der Waals surface area contributed by atoms with E-state index in [-0.39, 0.29) is 0 Å². The van der Waals surface area contributed by atoms with E-state index in [2.05, 4.69) is 10.3 Å². The molecule has 0 fully saturated rings. The van der Waals surface area contributed by atoms with E-state index in [1.807, 2.05) is 28.8 Å². The Bertz CT molecular complexity index is 445. The SMILES string of the molecule is CCOC(=O)Nc1cn2ccccc2n1.